The van der Waals surface area contributed by atoms with Gasteiger partial charge < -0.3 is 0 Å². The molecule has 3 heteroatoms. The second-order valence-corrected chi connectivity index (χ2v) is 10.7. The highest BCUT2D eigenvalue weighted by Crippen LogP contribution is 2.38. The predicted octanol–water partition coefficient (Wildman–Crippen LogP) is 7.71. The highest BCUT2D eigenvalue weighted by molar-refractivity contribution is 6.00. The van der Waals surface area contributed by atoms with Gasteiger partial charge in [0.15, 0.2) is 5.78 Å². The molecule has 2 aliphatic carbocycles. The Bertz CT molecular complexity index is 1400. The molecule has 4 aromatic rings. The first-order valence-electron chi connectivity index (χ1n) is 13.3. The van der Waals surface area contributed by atoms with E-state index in [9.17, 15) is 4.79 Å². The van der Waals surface area contributed by atoms with Gasteiger partial charge in [0.1, 0.15) is 5.65 Å². The molecule has 6 rings (SSSR count). The molecular weight excluding hydrogens is 428 g/mol. The molecule has 0 unspecified atom stereocenters. The number of aromatic nitrogens is 2. The van der Waals surface area contributed by atoms with Crippen LogP contribution >= 0.6 is 0 Å². The molecule has 178 valence electrons. The number of fused-ring (bicyclic) bond motifs is 2. The van der Waals surface area contributed by atoms with Crippen molar-refractivity contribution >= 4 is 11.4 Å². The molecule has 0 atom stereocenters. The van der Waals surface area contributed by atoms with E-state index in [-0.39, 0.29) is 5.78 Å². The van der Waals surface area contributed by atoms with Crippen LogP contribution in [-0.4, -0.2) is 15.2 Å². The van der Waals surface area contributed by atoms with Crippen molar-refractivity contribution in [3.8, 4) is 11.3 Å². The lowest BCUT2D eigenvalue weighted by Crippen LogP contribution is -2.13. The Labute approximate surface area is 208 Å². The fourth-order valence-corrected chi connectivity index (χ4v) is 6.47. The summed E-state index contributed by atoms with van der Waals surface area (Å²) in [6.45, 7) is 4.62. The van der Waals surface area contributed by atoms with E-state index in [4.69, 9.17) is 4.98 Å². The monoisotopic (exact) mass is 462 g/mol. The molecule has 0 radical (unpaired) electrons. The standard InChI is InChI=1S/C32H34N2O/c1-3-22-4-7-24(8-5-22)28-12-6-23(18-21(28)2)19-27-10-14-30(34-17-16-33-32(27)34)26-9-13-29-25(20-26)11-15-31(29)35/h6,9-10,12-14,16-18,20,22,24H,3-5,7-8,11,15,19H2,1-2H3. The summed E-state index contributed by atoms with van der Waals surface area (Å²) in [5.41, 5.74) is 10.9. The van der Waals surface area contributed by atoms with Crippen molar-refractivity contribution in [2.45, 2.75) is 71.1 Å². The van der Waals surface area contributed by atoms with E-state index in [1.165, 1.54) is 54.4 Å². The number of carbonyl (C=O) groups is 1. The molecule has 0 aliphatic heterocycles. The van der Waals surface area contributed by atoms with E-state index in [1.807, 2.05) is 18.5 Å². The van der Waals surface area contributed by atoms with Gasteiger partial charge in [-0.1, -0.05) is 49.7 Å². The summed E-state index contributed by atoms with van der Waals surface area (Å²) in [6.07, 6.45) is 13.1. The number of carbonyl (C=O) groups excluding carboxylic acids is 1. The lowest BCUT2D eigenvalue weighted by Gasteiger charge is -2.29. The Morgan fingerprint density at radius 1 is 0.971 bits per heavy atom. The van der Waals surface area contributed by atoms with E-state index in [0.717, 1.165) is 47.1 Å². The number of Topliss-reactive ketones (excluding diaryl/α,β-unsaturated/α-hetero) is 1. The van der Waals surface area contributed by atoms with Crippen LogP contribution in [0.2, 0.25) is 0 Å². The largest absolute Gasteiger partial charge is 0.299 e. The Balaban J connectivity index is 1.26. The molecule has 0 N–H and O–H groups in total. The first kappa shape index (κ1) is 22.3. The molecular formula is C32H34N2O. The third-order valence-corrected chi connectivity index (χ3v) is 8.55. The molecule has 0 amide bonds. The molecule has 0 spiro atoms. The van der Waals surface area contributed by atoms with Crippen molar-refractivity contribution < 1.29 is 4.79 Å². The van der Waals surface area contributed by atoms with E-state index >= 15 is 0 Å². The zero-order chi connectivity index (χ0) is 23.9. The predicted molar refractivity (Wildman–Crippen MR) is 142 cm³/mol. The number of pyridine rings is 1. The number of ketones is 1. The van der Waals surface area contributed by atoms with Crippen molar-refractivity contribution in [3.63, 3.8) is 0 Å². The maximum absolute atomic E-state index is 12.0. The molecule has 3 nitrogen and oxygen atoms in total. The Kier molecular flexibility index (Phi) is 5.80. The summed E-state index contributed by atoms with van der Waals surface area (Å²) in [5.74, 6) is 1.93. The van der Waals surface area contributed by atoms with Crippen LogP contribution in [0.1, 0.15) is 89.5 Å². The second kappa shape index (κ2) is 9.11. The van der Waals surface area contributed by atoms with Gasteiger partial charge in [-0.2, -0.15) is 0 Å². The van der Waals surface area contributed by atoms with Gasteiger partial charge in [-0.3, -0.25) is 9.20 Å². The van der Waals surface area contributed by atoms with Crippen molar-refractivity contribution in [2.24, 2.45) is 5.92 Å². The first-order chi connectivity index (χ1) is 17.1. The Morgan fingerprint density at radius 3 is 2.63 bits per heavy atom. The number of benzene rings is 2. The molecule has 1 fully saturated rings. The minimum atomic E-state index is 0.268. The van der Waals surface area contributed by atoms with Crippen LogP contribution in [0.5, 0.6) is 0 Å². The summed E-state index contributed by atoms with van der Waals surface area (Å²) in [5, 5.41) is 0. The van der Waals surface area contributed by atoms with Crippen LogP contribution < -0.4 is 0 Å². The van der Waals surface area contributed by atoms with Crippen LogP contribution in [0.15, 0.2) is 60.9 Å². The van der Waals surface area contributed by atoms with Gasteiger partial charge in [0.2, 0.25) is 0 Å². The van der Waals surface area contributed by atoms with Gasteiger partial charge in [0.25, 0.3) is 0 Å². The minimum absolute atomic E-state index is 0.268. The Morgan fingerprint density at radius 2 is 1.83 bits per heavy atom. The molecule has 0 saturated heterocycles. The maximum atomic E-state index is 12.0. The van der Waals surface area contributed by atoms with E-state index in [2.05, 4.69) is 60.7 Å². The fraction of sp³-hybridized carbons (Fsp3) is 0.375. The van der Waals surface area contributed by atoms with Crippen molar-refractivity contribution in [1.82, 2.24) is 9.38 Å². The third-order valence-electron chi connectivity index (χ3n) is 8.55. The quantitative estimate of drug-likeness (QED) is 0.304. The molecule has 1 saturated carbocycles. The number of nitrogens with zero attached hydrogens (tertiary/aromatic N) is 2. The van der Waals surface area contributed by atoms with Gasteiger partial charge in [-0.25, -0.2) is 4.98 Å². The highest BCUT2D eigenvalue weighted by atomic mass is 16.1. The van der Waals surface area contributed by atoms with Crippen molar-refractivity contribution in [3.05, 3.63) is 94.3 Å². The zero-order valence-corrected chi connectivity index (χ0v) is 20.9. The lowest BCUT2D eigenvalue weighted by atomic mass is 9.76. The molecule has 0 bridgehead atoms. The van der Waals surface area contributed by atoms with Gasteiger partial charge >= 0.3 is 0 Å². The van der Waals surface area contributed by atoms with Crippen molar-refractivity contribution in [2.75, 3.05) is 0 Å². The summed E-state index contributed by atoms with van der Waals surface area (Å²) in [7, 11) is 0. The van der Waals surface area contributed by atoms with Crippen LogP contribution in [0.3, 0.4) is 0 Å². The average molecular weight is 463 g/mol. The normalized spacial score (nSPS) is 19.9. The average Bonchev–Trinajstić information content (AvgIpc) is 3.52. The number of hydrogen-bond donors (Lipinski definition) is 0. The van der Waals surface area contributed by atoms with Gasteiger partial charge in [0, 0.05) is 30.8 Å². The summed E-state index contributed by atoms with van der Waals surface area (Å²) >= 11 is 0. The van der Waals surface area contributed by atoms with E-state index < -0.39 is 0 Å². The van der Waals surface area contributed by atoms with Crippen LogP contribution in [0.25, 0.3) is 16.9 Å². The number of rotatable bonds is 5. The molecule has 2 aliphatic rings. The van der Waals surface area contributed by atoms with Crippen LogP contribution in [-0.2, 0) is 12.8 Å². The molecule has 2 heterocycles. The summed E-state index contributed by atoms with van der Waals surface area (Å²) < 4.78 is 2.20. The third kappa shape index (κ3) is 4.11. The van der Waals surface area contributed by atoms with Crippen LogP contribution in [0, 0.1) is 12.8 Å². The molecule has 35 heavy (non-hydrogen) atoms. The van der Waals surface area contributed by atoms with Gasteiger partial charge in [-0.15, -0.1) is 0 Å². The van der Waals surface area contributed by atoms with E-state index in [1.54, 1.807) is 5.56 Å². The highest BCUT2D eigenvalue weighted by Gasteiger charge is 2.23. The van der Waals surface area contributed by atoms with Crippen molar-refractivity contribution in [1.29, 1.82) is 0 Å². The maximum Gasteiger partial charge on any atom is 0.163 e. The first-order valence-corrected chi connectivity index (χ1v) is 13.3. The van der Waals surface area contributed by atoms with E-state index in [0.29, 0.717) is 6.42 Å². The number of aryl methyl sites for hydroxylation is 2. The molecule has 2 aromatic carbocycles. The minimum Gasteiger partial charge on any atom is -0.299 e. The Hall–Kier alpha value is -3.20. The smallest absolute Gasteiger partial charge is 0.163 e. The van der Waals surface area contributed by atoms with Crippen LogP contribution in [0.4, 0.5) is 0 Å². The zero-order valence-electron chi connectivity index (χ0n) is 20.9. The number of imidazole rings is 1. The lowest BCUT2D eigenvalue weighted by molar-refractivity contribution is 0.0994. The SMILES string of the molecule is CCC1CCC(c2ccc(Cc3ccc(-c4ccc5c(c4)CCC5=O)n4ccnc34)cc2C)CC1. The topological polar surface area (TPSA) is 34.4 Å². The summed E-state index contributed by atoms with van der Waals surface area (Å²) in [4.78, 5) is 16.8. The summed E-state index contributed by atoms with van der Waals surface area (Å²) in [6, 6.07) is 17.8. The fourth-order valence-electron chi connectivity index (χ4n) is 6.47. The number of hydrogen-bond acceptors (Lipinski definition) is 2. The van der Waals surface area contributed by atoms with Gasteiger partial charge in [-0.05, 0) is 96.4 Å². The van der Waals surface area contributed by atoms with Gasteiger partial charge in [0.05, 0.1) is 5.69 Å². The second-order valence-electron chi connectivity index (χ2n) is 10.7. The molecule has 2 aromatic heterocycles.